The lowest BCUT2D eigenvalue weighted by Gasteiger charge is -2.44. The third-order valence-electron chi connectivity index (χ3n) is 6.89. The number of carbonyl (C=O) groups excluding carboxylic acids is 4. The van der Waals surface area contributed by atoms with E-state index in [1.807, 2.05) is 0 Å². The molecule has 4 atom stereocenters. The van der Waals surface area contributed by atoms with Gasteiger partial charge in [0.2, 0.25) is 17.7 Å². The van der Waals surface area contributed by atoms with Crippen molar-refractivity contribution in [3.63, 3.8) is 0 Å². The van der Waals surface area contributed by atoms with E-state index in [0.717, 1.165) is 4.90 Å². The summed E-state index contributed by atoms with van der Waals surface area (Å²) in [5.74, 6) is -3.03. The Kier molecular flexibility index (Phi) is 4.97. The first-order chi connectivity index (χ1) is 15.9. The van der Waals surface area contributed by atoms with Gasteiger partial charge in [-0.15, -0.1) is 0 Å². The fourth-order valence-corrected chi connectivity index (χ4v) is 5.55. The second-order valence-corrected chi connectivity index (χ2v) is 8.30. The molecule has 3 aliphatic heterocycles. The summed E-state index contributed by atoms with van der Waals surface area (Å²) in [5, 5.41) is 2.79. The van der Waals surface area contributed by atoms with Crippen LogP contribution >= 0.6 is 0 Å². The van der Waals surface area contributed by atoms with Crippen molar-refractivity contribution in [2.45, 2.75) is 18.0 Å². The molecule has 4 heterocycles. The van der Waals surface area contributed by atoms with Crippen molar-refractivity contribution in [3.05, 3.63) is 48.4 Å². The Hall–Kier alpha value is -3.66. The molecule has 0 bridgehead atoms. The highest BCUT2D eigenvalue weighted by molar-refractivity contribution is 6.24. The van der Waals surface area contributed by atoms with E-state index in [1.165, 1.54) is 20.5 Å². The van der Waals surface area contributed by atoms with Gasteiger partial charge in [-0.05, 0) is 36.4 Å². The molecule has 33 heavy (non-hydrogen) atoms. The molecule has 5 rings (SSSR count). The van der Waals surface area contributed by atoms with Crippen molar-refractivity contribution >= 4 is 29.4 Å². The van der Waals surface area contributed by atoms with Gasteiger partial charge in [0.25, 0.3) is 0 Å². The number of nitrogens with zero attached hydrogens (tertiary/aromatic N) is 2. The maximum absolute atomic E-state index is 13.8. The number of carbonyl (C=O) groups is 4. The largest absolute Gasteiger partial charge is 0.497 e. The van der Waals surface area contributed by atoms with Crippen LogP contribution in [0.4, 0.5) is 5.69 Å². The first-order valence-electron chi connectivity index (χ1n) is 10.6. The van der Waals surface area contributed by atoms with E-state index < -0.39 is 47.1 Å². The molecule has 3 saturated heterocycles. The lowest BCUT2D eigenvalue weighted by molar-refractivity contribution is -0.154. The Labute approximate surface area is 189 Å². The minimum Gasteiger partial charge on any atom is -0.497 e. The van der Waals surface area contributed by atoms with E-state index in [1.54, 1.807) is 41.3 Å². The van der Waals surface area contributed by atoms with Crippen LogP contribution in [0.25, 0.3) is 0 Å². The van der Waals surface area contributed by atoms with Crippen LogP contribution in [0.5, 0.6) is 5.75 Å². The van der Waals surface area contributed by atoms with Crippen LogP contribution in [0.1, 0.15) is 18.2 Å². The second-order valence-electron chi connectivity index (χ2n) is 8.30. The van der Waals surface area contributed by atoms with E-state index in [-0.39, 0.29) is 6.42 Å². The summed E-state index contributed by atoms with van der Waals surface area (Å²) in [6.45, 7) is 0.674. The summed E-state index contributed by atoms with van der Waals surface area (Å²) >= 11 is 0. The molecule has 0 radical (unpaired) electrons. The molecule has 10 nitrogen and oxygen atoms in total. The van der Waals surface area contributed by atoms with E-state index in [9.17, 15) is 19.2 Å². The van der Waals surface area contributed by atoms with Crippen molar-refractivity contribution < 1.29 is 33.1 Å². The Balaban J connectivity index is 1.67. The summed E-state index contributed by atoms with van der Waals surface area (Å²) in [5.41, 5.74) is -1.20. The minimum atomic E-state index is -1.57. The number of furan rings is 1. The fraction of sp³-hybridized carbons (Fsp3) is 0.391. The van der Waals surface area contributed by atoms with E-state index >= 15 is 0 Å². The Bertz CT molecular complexity index is 1110. The van der Waals surface area contributed by atoms with E-state index in [4.69, 9.17) is 13.9 Å². The predicted molar refractivity (Wildman–Crippen MR) is 113 cm³/mol. The van der Waals surface area contributed by atoms with Crippen molar-refractivity contribution in [1.29, 1.82) is 0 Å². The van der Waals surface area contributed by atoms with Crippen LogP contribution in [0.2, 0.25) is 0 Å². The summed E-state index contributed by atoms with van der Waals surface area (Å²) in [4.78, 5) is 56.3. The van der Waals surface area contributed by atoms with Crippen LogP contribution in [0.15, 0.2) is 47.1 Å². The van der Waals surface area contributed by atoms with Gasteiger partial charge < -0.3 is 19.2 Å². The smallest absolute Gasteiger partial charge is 0.307 e. The van der Waals surface area contributed by atoms with Gasteiger partial charge in [-0.1, -0.05) is 0 Å². The molecule has 0 saturated carbocycles. The number of nitrogens with one attached hydrogen (secondary N) is 1. The van der Waals surface area contributed by atoms with Gasteiger partial charge in [0, 0.05) is 13.1 Å². The second kappa shape index (κ2) is 7.73. The number of imide groups is 1. The van der Waals surface area contributed by atoms with Crippen molar-refractivity contribution in [2.75, 3.05) is 32.2 Å². The van der Waals surface area contributed by atoms with Crippen LogP contribution in [0, 0.1) is 11.8 Å². The van der Waals surface area contributed by atoms with Crippen LogP contribution in [-0.4, -0.2) is 61.4 Å². The van der Waals surface area contributed by atoms with Crippen molar-refractivity contribution in [2.24, 2.45) is 11.8 Å². The topological polar surface area (TPSA) is 118 Å². The summed E-state index contributed by atoms with van der Waals surface area (Å²) in [7, 11) is 2.75. The highest BCUT2D eigenvalue weighted by Gasteiger charge is 2.73. The molecule has 3 amide bonds. The van der Waals surface area contributed by atoms with Gasteiger partial charge in [-0.25, -0.2) is 4.90 Å². The van der Waals surface area contributed by atoms with Gasteiger partial charge in [0.1, 0.15) is 17.0 Å². The lowest BCUT2D eigenvalue weighted by atomic mass is 9.76. The van der Waals surface area contributed by atoms with Crippen LogP contribution in [0.3, 0.4) is 0 Å². The maximum Gasteiger partial charge on any atom is 0.307 e. The molecule has 0 unspecified atom stereocenters. The summed E-state index contributed by atoms with van der Waals surface area (Å²) < 4.78 is 15.7. The number of benzene rings is 1. The molecule has 2 aromatic rings. The molecule has 1 N–H and O–H groups in total. The zero-order chi connectivity index (χ0) is 23.3. The maximum atomic E-state index is 13.8. The minimum absolute atomic E-state index is 0.322. The SMILES string of the molecule is COC(=O)C[C@]12C(=O)NCCN1[C@H](c1ccco1)[C@H]1C(=O)N(c3ccc(OC)cc3)C(=O)[C@@H]12. The third-order valence-corrected chi connectivity index (χ3v) is 6.89. The molecule has 3 fully saturated rings. The Morgan fingerprint density at radius 1 is 1.15 bits per heavy atom. The molecular weight excluding hydrogens is 430 g/mol. The van der Waals surface area contributed by atoms with Crippen molar-refractivity contribution in [1.82, 2.24) is 10.2 Å². The number of methoxy groups -OCH3 is 2. The number of hydrogen-bond donors (Lipinski definition) is 1. The zero-order valence-electron chi connectivity index (χ0n) is 18.1. The van der Waals surface area contributed by atoms with Gasteiger partial charge in [-0.2, -0.15) is 0 Å². The number of esters is 1. The highest BCUT2D eigenvalue weighted by Crippen LogP contribution is 2.57. The average Bonchev–Trinajstić information content (AvgIpc) is 3.50. The molecule has 0 aliphatic carbocycles. The third kappa shape index (κ3) is 2.90. The number of rotatable bonds is 5. The molecule has 10 heteroatoms. The van der Waals surface area contributed by atoms with Gasteiger partial charge in [0.15, 0.2) is 0 Å². The summed E-state index contributed by atoms with van der Waals surface area (Å²) in [6.07, 6.45) is 1.13. The first kappa shape index (κ1) is 21.2. The molecule has 172 valence electrons. The molecule has 0 spiro atoms. The van der Waals surface area contributed by atoms with E-state index in [2.05, 4.69) is 5.32 Å². The van der Waals surface area contributed by atoms with E-state index in [0.29, 0.717) is 30.3 Å². The average molecular weight is 453 g/mol. The summed E-state index contributed by atoms with van der Waals surface area (Å²) in [6, 6.07) is 9.26. The number of piperazine rings is 1. The van der Waals surface area contributed by atoms with Crippen LogP contribution < -0.4 is 15.0 Å². The molecular formula is C23H23N3O7. The van der Waals surface area contributed by atoms with Gasteiger partial charge >= 0.3 is 5.97 Å². The Morgan fingerprint density at radius 3 is 2.55 bits per heavy atom. The normalized spacial score (nSPS) is 29.0. The Morgan fingerprint density at radius 2 is 1.91 bits per heavy atom. The first-order valence-corrected chi connectivity index (χ1v) is 10.6. The number of amides is 3. The van der Waals surface area contributed by atoms with Gasteiger partial charge in [0.05, 0.1) is 50.5 Å². The lowest BCUT2D eigenvalue weighted by Crippen LogP contribution is -2.67. The molecule has 3 aliphatic rings. The quantitative estimate of drug-likeness (QED) is 0.524. The molecule has 1 aromatic carbocycles. The number of fused-ring (bicyclic) bond motifs is 3. The zero-order valence-corrected chi connectivity index (χ0v) is 18.1. The predicted octanol–water partition coefficient (Wildman–Crippen LogP) is 0.882. The van der Waals surface area contributed by atoms with Crippen LogP contribution in [-0.2, 0) is 23.9 Å². The number of hydrogen-bond acceptors (Lipinski definition) is 8. The van der Waals surface area contributed by atoms with Crippen molar-refractivity contribution in [3.8, 4) is 5.75 Å². The number of anilines is 1. The fourth-order valence-electron chi connectivity index (χ4n) is 5.55. The monoisotopic (exact) mass is 453 g/mol. The number of ether oxygens (including phenoxy) is 2. The molecule has 1 aromatic heterocycles. The van der Waals surface area contributed by atoms with Gasteiger partial charge in [-0.3, -0.25) is 24.1 Å². The highest BCUT2D eigenvalue weighted by atomic mass is 16.5. The standard InChI is InChI=1S/C23H23N3O7/c1-31-14-7-5-13(6-8-14)26-20(28)17-18(21(26)29)23(12-16(27)32-2)22(30)24-9-10-25(23)19(17)15-4-3-11-33-15/h3-8,11,17-19H,9-10,12H2,1-2H3,(H,24,30)/t17-,18+,19+,23-/m0/s1.